The van der Waals surface area contributed by atoms with Crippen molar-refractivity contribution in [3.63, 3.8) is 0 Å². The van der Waals surface area contributed by atoms with Crippen molar-refractivity contribution in [3.8, 4) is 11.5 Å². The normalized spacial score (nSPS) is 10.0. The van der Waals surface area contributed by atoms with Crippen molar-refractivity contribution in [2.24, 2.45) is 5.84 Å². The maximum atomic E-state index is 5.31. The highest BCUT2D eigenvalue weighted by atomic mass is 16.5. The molecule has 0 radical (unpaired) electrons. The van der Waals surface area contributed by atoms with Crippen molar-refractivity contribution in [1.82, 2.24) is 9.97 Å². The molecule has 2 rings (SSSR count). The summed E-state index contributed by atoms with van der Waals surface area (Å²) in [5.74, 6) is 7.69. The summed E-state index contributed by atoms with van der Waals surface area (Å²) in [6.45, 7) is 1.90. The SMILES string of the molecule is COc1cc(Nc2nc(NN)ncc2C)cc(OC)c1. The molecule has 20 heavy (non-hydrogen) atoms. The number of methoxy groups -OCH3 is 2. The zero-order valence-electron chi connectivity index (χ0n) is 11.6. The van der Waals surface area contributed by atoms with Crippen LogP contribution in [0, 0.1) is 6.92 Å². The summed E-state index contributed by atoms with van der Waals surface area (Å²) in [6.07, 6.45) is 1.68. The van der Waals surface area contributed by atoms with Crippen molar-refractivity contribution >= 4 is 17.5 Å². The largest absolute Gasteiger partial charge is 0.497 e. The van der Waals surface area contributed by atoms with Crippen LogP contribution < -0.4 is 26.1 Å². The van der Waals surface area contributed by atoms with Crippen LogP contribution in [0.2, 0.25) is 0 Å². The summed E-state index contributed by atoms with van der Waals surface area (Å²) in [5.41, 5.74) is 4.11. The van der Waals surface area contributed by atoms with Crippen LogP contribution in [0.15, 0.2) is 24.4 Å². The summed E-state index contributed by atoms with van der Waals surface area (Å²) in [4.78, 5) is 8.29. The Bertz CT molecular complexity index is 581. The second-order valence-electron chi connectivity index (χ2n) is 4.10. The minimum absolute atomic E-state index is 0.341. The highest BCUT2D eigenvalue weighted by Crippen LogP contribution is 2.28. The molecule has 0 aliphatic rings. The van der Waals surface area contributed by atoms with Gasteiger partial charge in [-0.05, 0) is 6.92 Å². The van der Waals surface area contributed by atoms with Gasteiger partial charge in [-0.2, -0.15) is 4.98 Å². The minimum atomic E-state index is 0.341. The van der Waals surface area contributed by atoms with Gasteiger partial charge < -0.3 is 14.8 Å². The van der Waals surface area contributed by atoms with Gasteiger partial charge in [0.15, 0.2) is 0 Å². The number of hydrogen-bond donors (Lipinski definition) is 3. The van der Waals surface area contributed by atoms with E-state index in [1.54, 1.807) is 26.5 Å². The molecule has 1 aromatic heterocycles. The fraction of sp³-hybridized carbons (Fsp3) is 0.231. The molecule has 0 saturated carbocycles. The van der Waals surface area contributed by atoms with Gasteiger partial charge in [-0.1, -0.05) is 0 Å². The molecule has 106 valence electrons. The topological polar surface area (TPSA) is 94.3 Å². The van der Waals surface area contributed by atoms with Gasteiger partial charge >= 0.3 is 0 Å². The fourth-order valence-corrected chi connectivity index (χ4v) is 1.65. The number of rotatable bonds is 5. The molecule has 1 heterocycles. The van der Waals surface area contributed by atoms with Crippen molar-refractivity contribution in [1.29, 1.82) is 0 Å². The van der Waals surface area contributed by atoms with Crippen molar-refractivity contribution in [3.05, 3.63) is 30.0 Å². The van der Waals surface area contributed by atoms with Gasteiger partial charge in [0.25, 0.3) is 0 Å². The standard InChI is InChI=1S/C13H17N5O2/c1-8-7-15-13(18-14)17-12(8)16-9-4-10(19-2)6-11(5-9)20-3/h4-7H,14H2,1-3H3,(H2,15,16,17,18). The first-order valence-corrected chi connectivity index (χ1v) is 5.96. The predicted octanol–water partition coefficient (Wildman–Crippen LogP) is 1.83. The summed E-state index contributed by atoms with van der Waals surface area (Å²) in [5, 5.41) is 3.19. The van der Waals surface area contributed by atoms with Crippen molar-refractivity contribution < 1.29 is 9.47 Å². The third-order valence-electron chi connectivity index (χ3n) is 2.71. The summed E-state index contributed by atoms with van der Waals surface area (Å²) in [6, 6.07) is 5.49. The Morgan fingerprint density at radius 3 is 2.30 bits per heavy atom. The molecule has 1 aromatic carbocycles. The Kier molecular flexibility index (Phi) is 4.21. The van der Waals surface area contributed by atoms with E-state index >= 15 is 0 Å². The third kappa shape index (κ3) is 3.07. The molecule has 0 fully saturated rings. The lowest BCUT2D eigenvalue weighted by Crippen LogP contribution is -2.11. The Hall–Kier alpha value is -2.54. The number of benzene rings is 1. The molecule has 0 saturated heterocycles. The number of ether oxygens (including phenoxy) is 2. The van der Waals surface area contributed by atoms with E-state index < -0.39 is 0 Å². The molecule has 4 N–H and O–H groups in total. The van der Waals surface area contributed by atoms with E-state index in [1.807, 2.05) is 19.1 Å². The number of nitrogen functional groups attached to an aromatic ring is 1. The Labute approximate surface area is 117 Å². The van der Waals surface area contributed by atoms with Crippen LogP contribution in [0.4, 0.5) is 17.5 Å². The summed E-state index contributed by atoms with van der Waals surface area (Å²) < 4.78 is 10.5. The molecule has 0 bridgehead atoms. The van der Waals surface area contributed by atoms with Gasteiger partial charge in [-0.15, -0.1) is 0 Å². The summed E-state index contributed by atoms with van der Waals surface area (Å²) in [7, 11) is 3.20. The zero-order chi connectivity index (χ0) is 14.5. The second-order valence-corrected chi connectivity index (χ2v) is 4.10. The van der Waals surface area contributed by atoms with E-state index in [4.69, 9.17) is 15.3 Å². The van der Waals surface area contributed by atoms with Gasteiger partial charge in [0, 0.05) is 35.6 Å². The van der Waals surface area contributed by atoms with E-state index in [0.29, 0.717) is 23.3 Å². The van der Waals surface area contributed by atoms with Gasteiger partial charge in [-0.3, -0.25) is 5.43 Å². The molecule has 0 spiro atoms. The Morgan fingerprint density at radius 1 is 1.10 bits per heavy atom. The van der Waals surface area contributed by atoms with E-state index in [2.05, 4.69) is 20.7 Å². The average Bonchev–Trinajstić information content (AvgIpc) is 2.49. The van der Waals surface area contributed by atoms with E-state index in [9.17, 15) is 0 Å². The lowest BCUT2D eigenvalue weighted by Gasteiger charge is -2.12. The van der Waals surface area contributed by atoms with E-state index in [-0.39, 0.29) is 0 Å². The fourth-order valence-electron chi connectivity index (χ4n) is 1.65. The number of anilines is 3. The molecular formula is C13H17N5O2. The molecule has 7 nitrogen and oxygen atoms in total. The number of hydrogen-bond acceptors (Lipinski definition) is 7. The molecule has 0 unspecified atom stereocenters. The first kappa shape index (κ1) is 13.9. The Balaban J connectivity index is 2.33. The molecule has 7 heteroatoms. The van der Waals surface area contributed by atoms with Gasteiger partial charge in [0.2, 0.25) is 5.95 Å². The van der Waals surface area contributed by atoms with Crippen LogP contribution in [0.3, 0.4) is 0 Å². The van der Waals surface area contributed by atoms with Gasteiger partial charge in [0.05, 0.1) is 14.2 Å². The molecule has 0 amide bonds. The van der Waals surface area contributed by atoms with E-state index in [1.165, 1.54) is 0 Å². The van der Waals surface area contributed by atoms with Crippen LogP contribution in [-0.4, -0.2) is 24.2 Å². The molecule has 0 atom stereocenters. The van der Waals surface area contributed by atoms with Crippen LogP contribution in [-0.2, 0) is 0 Å². The molecule has 2 aromatic rings. The van der Waals surface area contributed by atoms with Gasteiger partial charge in [-0.25, -0.2) is 10.8 Å². The van der Waals surface area contributed by atoms with Crippen LogP contribution in [0.5, 0.6) is 11.5 Å². The second kappa shape index (κ2) is 6.07. The highest BCUT2D eigenvalue weighted by molar-refractivity contribution is 5.63. The first-order valence-electron chi connectivity index (χ1n) is 5.96. The lowest BCUT2D eigenvalue weighted by molar-refractivity contribution is 0.395. The van der Waals surface area contributed by atoms with Crippen LogP contribution in [0.25, 0.3) is 0 Å². The maximum absolute atomic E-state index is 5.31. The lowest BCUT2D eigenvalue weighted by atomic mass is 10.2. The van der Waals surface area contributed by atoms with Gasteiger partial charge in [0.1, 0.15) is 17.3 Å². The number of nitrogens with one attached hydrogen (secondary N) is 2. The minimum Gasteiger partial charge on any atom is -0.497 e. The quantitative estimate of drug-likeness (QED) is 0.566. The number of nitrogens with two attached hydrogens (primary N) is 1. The van der Waals surface area contributed by atoms with Crippen molar-refractivity contribution in [2.75, 3.05) is 25.0 Å². The third-order valence-corrected chi connectivity index (χ3v) is 2.71. The van der Waals surface area contributed by atoms with Crippen LogP contribution in [0.1, 0.15) is 5.56 Å². The predicted molar refractivity (Wildman–Crippen MR) is 77.4 cm³/mol. The molecule has 0 aliphatic carbocycles. The van der Waals surface area contributed by atoms with Crippen molar-refractivity contribution in [2.45, 2.75) is 6.92 Å². The maximum Gasteiger partial charge on any atom is 0.239 e. The highest BCUT2D eigenvalue weighted by Gasteiger charge is 2.06. The summed E-state index contributed by atoms with van der Waals surface area (Å²) >= 11 is 0. The number of aromatic nitrogens is 2. The van der Waals surface area contributed by atoms with Crippen LogP contribution >= 0.6 is 0 Å². The number of nitrogens with zero attached hydrogens (tertiary/aromatic N) is 2. The van der Waals surface area contributed by atoms with E-state index in [0.717, 1.165) is 11.3 Å². The molecule has 0 aliphatic heterocycles. The smallest absolute Gasteiger partial charge is 0.239 e. The number of aryl methyl sites for hydroxylation is 1. The average molecular weight is 275 g/mol. The zero-order valence-corrected chi connectivity index (χ0v) is 11.6. The Morgan fingerprint density at radius 2 is 1.75 bits per heavy atom. The number of hydrazine groups is 1. The monoisotopic (exact) mass is 275 g/mol. The molecular weight excluding hydrogens is 258 g/mol. The first-order chi connectivity index (χ1) is 9.66.